The molecule has 0 bridgehead atoms. The summed E-state index contributed by atoms with van der Waals surface area (Å²) in [5.41, 5.74) is 2.34. The molecule has 2 N–H and O–H groups in total. The van der Waals surface area contributed by atoms with Crippen molar-refractivity contribution < 1.29 is 14.3 Å². The van der Waals surface area contributed by atoms with Crippen LogP contribution in [0.1, 0.15) is 24.0 Å². The minimum atomic E-state index is -0.120. The number of nitrogens with one attached hydrogen (secondary N) is 2. The van der Waals surface area contributed by atoms with Crippen molar-refractivity contribution in [2.24, 2.45) is 0 Å². The van der Waals surface area contributed by atoms with Crippen LogP contribution in [-0.2, 0) is 16.6 Å². The van der Waals surface area contributed by atoms with Crippen molar-refractivity contribution in [3.05, 3.63) is 65.7 Å². The van der Waals surface area contributed by atoms with Crippen molar-refractivity contribution in [3.8, 4) is 5.75 Å². The molecule has 0 radical (unpaired) electrons. The summed E-state index contributed by atoms with van der Waals surface area (Å²) < 4.78 is 10.8. The molecule has 0 spiro atoms. The van der Waals surface area contributed by atoms with Crippen molar-refractivity contribution >= 4 is 6.03 Å². The molecule has 27 heavy (non-hydrogen) atoms. The molecule has 0 aromatic heterocycles. The van der Waals surface area contributed by atoms with Crippen LogP contribution in [0.25, 0.3) is 0 Å². The Labute approximate surface area is 161 Å². The van der Waals surface area contributed by atoms with Gasteiger partial charge in [-0.25, -0.2) is 4.79 Å². The van der Waals surface area contributed by atoms with Gasteiger partial charge in [0.15, 0.2) is 0 Å². The molecule has 3 rings (SSSR count). The van der Waals surface area contributed by atoms with E-state index in [2.05, 4.69) is 34.9 Å². The number of carbonyl (C=O) groups is 1. The molecule has 1 heterocycles. The van der Waals surface area contributed by atoms with Gasteiger partial charge in [-0.3, -0.25) is 0 Å². The van der Waals surface area contributed by atoms with Crippen molar-refractivity contribution in [1.29, 1.82) is 0 Å². The maximum absolute atomic E-state index is 12.3. The summed E-state index contributed by atoms with van der Waals surface area (Å²) in [4.78, 5) is 12.3. The molecule has 0 saturated carbocycles. The summed E-state index contributed by atoms with van der Waals surface area (Å²) >= 11 is 0. The smallest absolute Gasteiger partial charge is 0.314 e. The van der Waals surface area contributed by atoms with Crippen molar-refractivity contribution in [3.63, 3.8) is 0 Å². The van der Waals surface area contributed by atoms with Gasteiger partial charge in [-0.15, -0.1) is 0 Å². The van der Waals surface area contributed by atoms with Crippen LogP contribution in [0.2, 0.25) is 0 Å². The first-order valence-electron chi connectivity index (χ1n) is 9.50. The van der Waals surface area contributed by atoms with E-state index in [1.54, 1.807) is 7.11 Å². The maximum Gasteiger partial charge on any atom is 0.314 e. The number of carbonyl (C=O) groups excluding carboxylic acids is 1. The SMILES string of the molecule is COc1ccc(C2(CNC(=O)NCCc3ccccc3)CCOCC2)cc1. The molecule has 1 aliphatic rings. The van der Waals surface area contributed by atoms with Crippen LogP contribution in [0, 0.1) is 0 Å². The first kappa shape index (κ1) is 19.2. The highest BCUT2D eigenvalue weighted by Crippen LogP contribution is 2.35. The fourth-order valence-corrected chi connectivity index (χ4v) is 3.55. The van der Waals surface area contributed by atoms with Crippen molar-refractivity contribution in [1.82, 2.24) is 10.6 Å². The fourth-order valence-electron chi connectivity index (χ4n) is 3.55. The first-order valence-corrected chi connectivity index (χ1v) is 9.50. The fraction of sp³-hybridized carbons (Fsp3) is 0.409. The predicted octanol–water partition coefficient (Wildman–Crippen LogP) is 3.29. The van der Waals surface area contributed by atoms with E-state index in [9.17, 15) is 4.79 Å². The van der Waals surface area contributed by atoms with Crippen LogP contribution in [0.4, 0.5) is 4.79 Å². The van der Waals surface area contributed by atoms with Crippen LogP contribution < -0.4 is 15.4 Å². The number of rotatable bonds is 7. The van der Waals surface area contributed by atoms with Gasteiger partial charge in [0.2, 0.25) is 0 Å². The van der Waals surface area contributed by atoms with E-state index >= 15 is 0 Å². The van der Waals surface area contributed by atoms with Gasteiger partial charge in [0.1, 0.15) is 5.75 Å². The molecule has 5 heteroatoms. The average Bonchev–Trinajstić information content (AvgIpc) is 2.74. The zero-order chi connectivity index (χ0) is 19.0. The number of hydrogen-bond donors (Lipinski definition) is 2. The third-order valence-electron chi connectivity index (χ3n) is 5.28. The summed E-state index contributed by atoms with van der Waals surface area (Å²) in [7, 11) is 1.67. The first-order chi connectivity index (χ1) is 13.2. The summed E-state index contributed by atoms with van der Waals surface area (Å²) in [6.07, 6.45) is 2.61. The molecule has 1 fully saturated rings. The van der Waals surface area contributed by atoms with Gasteiger partial charge >= 0.3 is 6.03 Å². The van der Waals surface area contributed by atoms with E-state index in [0.717, 1.165) is 25.0 Å². The highest BCUT2D eigenvalue weighted by Gasteiger charge is 2.34. The van der Waals surface area contributed by atoms with Crippen LogP contribution >= 0.6 is 0 Å². The second-order valence-electron chi connectivity index (χ2n) is 6.97. The molecule has 2 aromatic rings. The topological polar surface area (TPSA) is 59.6 Å². The zero-order valence-corrected chi connectivity index (χ0v) is 15.9. The highest BCUT2D eigenvalue weighted by molar-refractivity contribution is 5.74. The minimum absolute atomic E-state index is 0.0959. The second-order valence-corrected chi connectivity index (χ2v) is 6.97. The Kier molecular flexibility index (Phi) is 6.71. The lowest BCUT2D eigenvalue weighted by Gasteiger charge is -2.38. The van der Waals surface area contributed by atoms with Crippen molar-refractivity contribution in [2.75, 3.05) is 33.4 Å². The Morgan fingerprint density at radius 2 is 1.74 bits per heavy atom. The van der Waals surface area contributed by atoms with E-state index in [1.165, 1.54) is 11.1 Å². The van der Waals surface area contributed by atoms with Gasteiger partial charge < -0.3 is 20.1 Å². The molecule has 2 aromatic carbocycles. The number of methoxy groups -OCH3 is 1. The van der Waals surface area contributed by atoms with E-state index in [1.807, 2.05) is 30.3 Å². The summed E-state index contributed by atoms with van der Waals surface area (Å²) in [5, 5.41) is 6.03. The van der Waals surface area contributed by atoms with E-state index in [0.29, 0.717) is 26.3 Å². The van der Waals surface area contributed by atoms with E-state index in [-0.39, 0.29) is 11.4 Å². The van der Waals surface area contributed by atoms with Gasteiger partial charge in [0.05, 0.1) is 7.11 Å². The Morgan fingerprint density at radius 3 is 2.41 bits per heavy atom. The number of amides is 2. The molecule has 0 aliphatic carbocycles. The molecule has 5 nitrogen and oxygen atoms in total. The Hall–Kier alpha value is -2.53. The molecule has 2 amide bonds. The Morgan fingerprint density at radius 1 is 1.04 bits per heavy atom. The van der Waals surface area contributed by atoms with E-state index < -0.39 is 0 Å². The van der Waals surface area contributed by atoms with Crippen LogP contribution in [0.15, 0.2) is 54.6 Å². The predicted molar refractivity (Wildman–Crippen MR) is 106 cm³/mol. The lowest BCUT2D eigenvalue weighted by molar-refractivity contribution is 0.0507. The Balaban J connectivity index is 1.55. The molecular formula is C22H28N2O3. The van der Waals surface area contributed by atoms with Crippen LogP contribution in [0.3, 0.4) is 0 Å². The van der Waals surface area contributed by atoms with Gasteiger partial charge in [0.25, 0.3) is 0 Å². The lowest BCUT2D eigenvalue weighted by Crippen LogP contribution is -2.47. The zero-order valence-electron chi connectivity index (χ0n) is 15.9. The van der Waals surface area contributed by atoms with Gasteiger partial charge in [-0.05, 0) is 42.5 Å². The quantitative estimate of drug-likeness (QED) is 0.788. The minimum Gasteiger partial charge on any atom is -0.497 e. The molecule has 1 saturated heterocycles. The normalized spacial score (nSPS) is 15.7. The van der Waals surface area contributed by atoms with Crippen LogP contribution in [-0.4, -0.2) is 39.4 Å². The third-order valence-corrected chi connectivity index (χ3v) is 5.28. The largest absolute Gasteiger partial charge is 0.497 e. The number of ether oxygens (including phenoxy) is 2. The van der Waals surface area contributed by atoms with Gasteiger partial charge in [-0.2, -0.15) is 0 Å². The summed E-state index contributed by atoms with van der Waals surface area (Å²) in [5.74, 6) is 0.840. The van der Waals surface area contributed by atoms with Crippen molar-refractivity contribution in [2.45, 2.75) is 24.7 Å². The maximum atomic E-state index is 12.3. The monoisotopic (exact) mass is 368 g/mol. The lowest BCUT2D eigenvalue weighted by atomic mass is 9.74. The third kappa shape index (κ3) is 5.23. The number of hydrogen-bond acceptors (Lipinski definition) is 3. The molecule has 0 unspecified atom stereocenters. The summed E-state index contributed by atoms with van der Waals surface area (Å²) in [6.45, 7) is 2.64. The van der Waals surface area contributed by atoms with E-state index in [4.69, 9.17) is 9.47 Å². The molecule has 144 valence electrons. The summed E-state index contributed by atoms with van der Waals surface area (Å²) in [6, 6.07) is 18.2. The number of benzene rings is 2. The highest BCUT2D eigenvalue weighted by atomic mass is 16.5. The Bertz CT molecular complexity index is 710. The molecule has 1 aliphatic heterocycles. The number of urea groups is 1. The average molecular weight is 368 g/mol. The van der Waals surface area contributed by atoms with Crippen LogP contribution in [0.5, 0.6) is 5.75 Å². The molecule has 0 atom stereocenters. The molecular weight excluding hydrogens is 340 g/mol. The second kappa shape index (κ2) is 9.42. The van der Waals surface area contributed by atoms with Gasteiger partial charge in [0, 0.05) is 31.7 Å². The standard InChI is InChI=1S/C22H28N2O3/c1-26-20-9-7-19(8-10-20)22(12-15-27-16-13-22)17-24-21(25)23-14-11-18-5-3-2-4-6-18/h2-10H,11-17H2,1H3,(H2,23,24,25). The van der Waals surface area contributed by atoms with Gasteiger partial charge in [-0.1, -0.05) is 42.5 Å².